The van der Waals surface area contributed by atoms with Crippen molar-refractivity contribution in [3.05, 3.63) is 34.8 Å². The minimum atomic E-state index is -0.859. The molecule has 102 valence electrons. The van der Waals surface area contributed by atoms with Crippen LogP contribution < -0.4 is 5.76 Å². The van der Waals surface area contributed by atoms with Gasteiger partial charge in [0.1, 0.15) is 4.75 Å². The average Bonchev–Trinajstić information content (AvgIpc) is 2.65. The van der Waals surface area contributed by atoms with Crippen LogP contribution in [0.1, 0.15) is 13.8 Å². The van der Waals surface area contributed by atoms with Crippen molar-refractivity contribution in [2.24, 2.45) is 0 Å². The standard InChI is InChI=1S/C13H15NO4S/c1-13(2,11(15)16)19-8-7-14-9-5-3-4-6-10(9)18-12(14)17/h3-6H,7-8H2,1-2H3,(H,15,16). The van der Waals surface area contributed by atoms with E-state index in [9.17, 15) is 9.59 Å². The van der Waals surface area contributed by atoms with Gasteiger partial charge in [0.25, 0.3) is 0 Å². The minimum Gasteiger partial charge on any atom is -0.480 e. The van der Waals surface area contributed by atoms with E-state index in [-0.39, 0.29) is 0 Å². The fraction of sp³-hybridized carbons (Fsp3) is 0.385. The molecule has 5 nitrogen and oxygen atoms in total. The second-order valence-corrected chi connectivity index (χ2v) is 6.37. The molecule has 2 aromatic rings. The molecule has 2 rings (SSSR count). The Kier molecular flexibility index (Phi) is 3.71. The third-order valence-corrected chi connectivity index (χ3v) is 4.15. The first-order chi connectivity index (χ1) is 8.92. The number of oxazole rings is 1. The fourth-order valence-electron chi connectivity index (χ4n) is 1.68. The Bertz CT molecular complexity index is 656. The largest absolute Gasteiger partial charge is 0.480 e. The van der Waals surface area contributed by atoms with E-state index in [1.54, 1.807) is 26.0 Å². The number of fused-ring (bicyclic) bond motifs is 1. The molecule has 0 spiro atoms. The van der Waals surface area contributed by atoms with Crippen LogP contribution in [0, 0.1) is 0 Å². The van der Waals surface area contributed by atoms with Crippen LogP contribution in [0.25, 0.3) is 11.1 Å². The van der Waals surface area contributed by atoms with E-state index in [4.69, 9.17) is 9.52 Å². The summed E-state index contributed by atoms with van der Waals surface area (Å²) in [5.74, 6) is -0.736. The number of carboxylic acid groups (broad SMARTS) is 1. The molecule has 0 aliphatic heterocycles. The Labute approximate surface area is 114 Å². The predicted molar refractivity (Wildman–Crippen MR) is 74.6 cm³/mol. The summed E-state index contributed by atoms with van der Waals surface area (Å²) in [6, 6.07) is 7.19. The van der Waals surface area contributed by atoms with Crippen molar-refractivity contribution in [2.75, 3.05) is 5.75 Å². The second kappa shape index (κ2) is 5.13. The number of hydrogen-bond acceptors (Lipinski definition) is 4. The number of carboxylic acids is 1. The molecule has 1 aromatic heterocycles. The average molecular weight is 281 g/mol. The van der Waals surface area contributed by atoms with Crippen LogP contribution in [0.5, 0.6) is 0 Å². The van der Waals surface area contributed by atoms with E-state index < -0.39 is 16.5 Å². The lowest BCUT2D eigenvalue weighted by Gasteiger charge is -2.18. The van der Waals surface area contributed by atoms with Crippen LogP contribution in [0.15, 0.2) is 33.5 Å². The number of hydrogen-bond donors (Lipinski definition) is 1. The highest BCUT2D eigenvalue weighted by molar-refractivity contribution is 8.01. The SMILES string of the molecule is CC(C)(SCCn1c(=O)oc2ccccc21)C(=O)O. The van der Waals surface area contributed by atoms with Crippen LogP contribution >= 0.6 is 11.8 Å². The Morgan fingerprint density at radius 3 is 2.79 bits per heavy atom. The quantitative estimate of drug-likeness (QED) is 0.909. The van der Waals surface area contributed by atoms with Gasteiger partial charge in [-0.1, -0.05) is 12.1 Å². The van der Waals surface area contributed by atoms with Crippen molar-refractivity contribution in [3.8, 4) is 0 Å². The lowest BCUT2D eigenvalue weighted by atomic mass is 10.2. The molecule has 1 N–H and O–H groups in total. The van der Waals surface area contributed by atoms with Crippen LogP contribution in [0.3, 0.4) is 0 Å². The summed E-state index contributed by atoms with van der Waals surface area (Å²) in [7, 11) is 0. The van der Waals surface area contributed by atoms with E-state index in [0.29, 0.717) is 17.9 Å². The van der Waals surface area contributed by atoms with Gasteiger partial charge in [0, 0.05) is 12.3 Å². The first-order valence-electron chi connectivity index (χ1n) is 5.87. The van der Waals surface area contributed by atoms with E-state index >= 15 is 0 Å². The third-order valence-electron chi connectivity index (χ3n) is 2.87. The van der Waals surface area contributed by atoms with Gasteiger partial charge in [0.2, 0.25) is 0 Å². The summed E-state index contributed by atoms with van der Waals surface area (Å²) in [5.41, 5.74) is 1.29. The zero-order chi connectivity index (χ0) is 14.0. The zero-order valence-electron chi connectivity index (χ0n) is 10.8. The number of benzene rings is 1. The lowest BCUT2D eigenvalue weighted by molar-refractivity contribution is -0.138. The summed E-state index contributed by atoms with van der Waals surface area (Å²) >= 11 is 1.30. The van der Waals surface area contributed by atoms with Gasteiger partial charge in [0.15, 0.2) is 5.58 Å². The van der Waals surface area contributed by atoms with Crippen molar-refractivity contribution in [3.63, 3.8) is 0 Å². The number of aromatic nitrogens is 1. The highest BCUT2D eigenvalue weighted by Crippen LogP contribution is 2.25. The monoisotopic (exact) mass is 281 g/mol. The molecule has 0 aliphatic rings. The first kappa shape index (κ1) is 13.7. The van der Waals surface area contributed by atoms with Crippen molar-refractivity contribution in [1.82, 2.24) is 4.57 Å². The summed E-state index contributed by atoms with van der Waals surface area (Å²) in [6.45, 7) is 3.73. The highest BCUT2D eigenvalue weighted by atomic mass is 32.2. The summed E-state index contributed by atoms with van der Waals surface area (Å²) in [4.78, 5) is 22.7. The number of para-hydroxylation sites is 2. The van der Waals surface area contributed by atoms with E-state index in [2.05, 4.69) is 0 Å². The van der Waals surface area contributed by atoms with Gasteiger partial charge < -0.3 is 9.52 Å². The number of aryl methyl sites for hydroxylation is 1. The molecule has 19 heavy (non-hydrogen) atoms. The molecule has 0 radical (unpaired) electrons. The van der Waals surface area contributed by atoms with Gasteiger partial charge in [-0.15, -0.1) is 11.8 Å². The molecule has 0 bridgehead atoms. The van der Waals surface area contributed by atoms with Gasteiger partial charge in [-0.05, 0) is 26.0 Å². The number of nitrogens with zero attached hydrogens (tertiary/aromatic N) is 1. The van der Waals surface area contributed by atoms with Crippen molar-refractivity contribution < 1.29 is 14.3 Å². The van der Waals surface area contributed by atoms with Crippen LogP contribution in [0.4, 0.5) is 0 Å². The maximum absolute atomic E-state index is 11.7. The van der Waals surface area contributed by atoms with Gasteiger partial charge in [-0.3, -0.25) is 9.36 Å². The maximum atomic E-state index is 11.7. The minimum absolute atomic E-state index is 0.407. The fourth-order valence-corrected chi connectivity index (χ4v) is 2.59. The summed E-state index contributed by atoms with van der Waals surface area (Å²) in [5, 5.41) is 9.02. The first-order valence-corrected chi connectivity index (χ1v) is 6.86. The summed E-state index contributed by atoms with van der Waals surface area (Å²) < 4.78 is 5.78. The van der Waals surface area contributed by atoms with Crippen LogP contribution in [-0.2, 0) is 11.3 Å². The second-order valence-electron chi connectivity index (χ2n) is 4.65. The van der Waals surface area contributed by atoms with E-state index in [0.717, 1.165) is 5.52 Å². The molecule has 0 amide bonds. The molecule has 0 saturated carbocycles. The Hall–Kier alpha value is -1.69. The van der Waals surface area contributed by atoms with Gasteiger partial charge in [-0.25, -0.2) is 4.79 Å². The number of carbonyl (C=O) groups is 1. The molecule has 0 atom stereocenters. The third kappa shape index (κ3) is 2.84. The van der Waals surface area contributed by atoms with Crippen molar-refractivity contribution in [2.45, 2.75) is 25.1 Å². The number of rotatable bonds is 5. The Morgan fingerprint density at radius 1 is 1.42 bits per heavy atom. The van der Waals surface area contributed by atoms with E-state index in [1.807, 2.05) is 12.1 Å². The highest BCUT2D eigenvalue weighted by Gasteiger charge is 2.27. The molecule has 1 heterocycles. The molecular weight excluding hydrogens is 266 g/mol. The van der Waals surface area contributed by atoms with E-state index in [1.165, 1.54) is 16.3 Å². The van der Waals surface area contributed by atoms with Crippen molar-refractivity contribution in [1.29, 1.82) is 0 Å². The maximum Gasteiger partial charge on any atom is 0.419 e. The molecule has 6 heteroatoms. The Balaban J connectivity index is 2.13. The van der Waals surface area contributed by atoms with Crippen LogP contribution in [0.2, 0.25) is 0 Å². The van der Waals surface area contributed by atoms with Gasteiger partial charge in [-0.2, -0.15) is 0 Å². The zero-order valence-corrected chi connectivity index (χ0v) is 11.6. The molecule has 0 aliphatic carbocycles. The predicted octanol–water partition coefficient (Wildman–Crippen LogP) is 2.19. The number of thioether (sulfide) groups is 1. The van der Waals surface area contributed by atoms with Gasteiger partial charge >= 0.3 is 11.7 Å². The lowest BCUT2D eigenvalue weighted by Crippen LogP contribution is -2.28. The van der Waals surface area contributed by atoms with Crippen LogP contribution in [-0.4, -0.2) is 26.1 Å². The molecule has 0 unspecified atom stereocenters. The molecule has 1 aromatic carbocycles. The molecule has 0 fully saturated rings. The molecular formula is C13H15NO4S. The van der Waals surface area contributed by atoms with Crippen molar-refractivity contribution >= 4 is 28.8 Å². The normalized spacial score (nSPS) is 11.9. The Morgan fingerprint density at radius 2 is 2.11 bits per heavy atom. The smallest absolute Gasteiger partial charge is 0.419 e. The summed E-state index contributed by atoms with van der Waals surface area (Å²) in [6.07, 6.45) is 0. The van der Waals surface area contributed by atoms with Gasteiger partial charge in [0.05, 0.1) is 5.52 Å². The molecule has 0 saturated heterocycles. The number of aliphatic carboxylic acids is 1. The topological polar surface area (TPSA) is 72.4 Å².